The quantitative estimate of drug-likeness (QED) is 0.898. The molecule has 18 heavy (non-hydrogen) atoms. The van der Waals surface area contributed by atoms with Gasteiger partial charge in [0.15, 0.2) is 0 Å². The van der Waals surface area contributed by atoms with Crippen LogP contribution in [0.15, 0.2) is 30.5 Å². The first-order chi connectivity index (χ1) is 8.69. The summed E-state index contributed by atoms with van der Waals surface area (Å²) in [6.07, 6.45) is 1.84. The van der Waals surface area contributed by atoms with Crippen molar-refractivity contribution in [2.24, 2.45) is 7.05 Å². The Hall–Kier alpha value is -1.81. The van der Waals surface area contributed by atoms with Gasteiger partial charge in [0.2, 0.25) is 0 Å². The average molecular weight is 246 g/mol. The van der Waals surface area contributed by atoms with Gasteiger partial charge in [0.1, 0.15) is 17.7 Å². The predicted octanol–water partition coefficient (Wildman–Crippen LogP) is 2.07. The first-order valence-electron chi connectivity index (χ1n) is 6.00. The third-order valence-corrected chi connectivity index (χ3v) is 3.15. The highest BCUT2D eigenvalue weighted by molar-refractivity contribution is 5.38. The van der Waals surface area contributed by atoms with E-state index in [1.165, 1.54) is 0 Å². The molecule has 1 unspecified atom stereocenters. The van der Waals surface area contributed by atoms with Gasteiger partial charge in [-0.25, -0.2) is 4.98 Å². The standard InChI is InChI=1S/C14H18N2O2/c1-4-13-15-9-11(16(13)2)14(17)10-7-5-6-8-12(10)18-3/h5-9,14,17H,4H2,1-3H3. The van der Waals surface area contributed by atoms with Crippen LogP contribution in [0.2, 0.25) is 0 Å². The second kappa shape index (κ2) is 5.23. The lowest BCUT2D eigenvalue weighted by atomic mass is 10.1. The average Bonchev–Trinajstić information content (AvgIpc) is 2.79. The minimum atomic E-state index is -0.723. The minimum absolute atomic E-state index is 0.684. The van der Waals surface area contributed by atoms with Crippen LogP contribution in [0.4, 0.5) is 0 Å². The molecule has 2 aromatic rings. The molecule has 1 aromatic carbocycles. The molecule has 1 N–H and O–H groups in total. The van der Waals surface area contributed by atoms with Gasteiger partial charge in [-0.3, -0.25) is 0 Å². The summed E-state index contributed by atoms with van der Waals surface area (Å²) >= 11 is 0. The molecule has 1 aromatic heterocycles. The van der Waals surface area contributed by atoms with Crippen LogP contribution in [0.5, 0.6) is 5.75 Å². The molecule has 4 heteroatoms. The predicted molar refractivity (Wildman–Crippen MR) is 69.6 cm³/mol. The van der Waals surface area contributed by atoms with Crippen LogP contribution < -0.4 is 4.74 Å². The third-order valence-electron chi connectivity index (χ3n) is 3.15. The number of aliphatic hydroxyl groups is 1. The Labute approximate surface area is 107 Å². The molecule has 0 bridgehead atoms. The van der Waals surface area contributed by atoms with Gasteiger partial charge in [0.05, 0.1) is 19.0 Å². The van der Waals surface area contributed by atoms with Gasteiger partial charge in [-0.2, -0.15) is 0 Å². The first kappa shape index (κ1) is 12.6. The van der Waals surface area contributed by atoms with E-state index in [1.54, 1.807) is 13.3 Å². The summed E-state index contributed by atoms with van der Waals surface area (Å²) in [5, 5.41) is 10.5. The Balaban J connectivity index is 2.41. The molecule has 0 aliphatic heterocycles. The number of ether oxygens (including phenoxy) is 1. The molecule has 0 aliphatic rings. The molecule has 1 heterocycles. The molecule has 4 nitrogen and oxygen atoms in total. The van der Waals surface area contributed by atoms with E-state index in [9.17, 15) is 5.11 Å². The fraction of sp³-hybridized carbons (Fsp3) is 0.357. The van der Waals surface area contributed by atoms with Gasteiger partial charge in [-0.05, 0) is 6.07 Å². The number of benzene rings is 1. The van der Waals surface area contributed by atoms with Gasteiger partial charge in [0.25, 0.3) is 0 Å². The van der Waals surface area contributed by atoms with Crippen molar-refractivity contribution in [2.45, 2.75) is 19.4 Å². The Bertz CT molecular complexity index is 534. The van der Waals surface area contributed by atoms with E-state index in [0.717, 1.165) is 23.5 Å². The van der Waals surface area contributed by atoms with Crippen LogP contribution in [0, 0.1) is 0 Å². The molecular weight excluding hydrogens is 228 g/mol. The molecule has 0 fully saturated rings. The number of para-hydroxylation sites is 1. The number of hydrogen-bond acceptors (Lipinski definition) is 3. The molecule has 1 atom stereocenters. The summed E-state index contributed by atoms with van der Waals surface area (Å²) in [5.74, 6) is 1.64. The van der Waals surface area contributed by atoms with Gasteiger partial charge in [0, 0.05) is 19.0 Å². The maximum Gasteiger partial charge on any atom is 0.125 e. The van der Waals surface area contributed by atoms with Crippen LogP contribution in [-0.2, 0) is 13.5 Å². The Morgan fingerprint density at radius 3 is 2.72 bits per heavy atom. The summed E-state index contributed by atoms with van der Waals surface area (Å²) in [4.78, 5) is 4.30. The monoisotopic (exact) mass is 246 g/mol. The lowest BCUT2D eigenvalue weighted by molar-refractivity contribution is 0.206. The van der Waals surface area contributed by atoms with E-state index in [-0.39, 0.29) is 0 Å². The van der Waals surface area contributed by atoms with E-state index in [2.05, 4.69) is 4.98 Å². The van der Waals surface area contributed by atoms with Crippen LogP contribution in [-0.4, -0.2) is 21.8 Å². The largest absolute Gasteiger partial charge is 0.496 e. The number of nitrogens with zero attached hydrogens (tertiary/aromatic N) is 2. The van der Waals surface area contributed by atoms with Gasteiger partial charge < -0.3 is 14.4 Å². The van der Waals surface area contributed by atoms with Crippen LogP contribution in [0.1, 0.15) is 30.1 Å². The molecule has 0 aliphatic carbocycles. The normalized spacial score (nSPS) is 12.4. The summed E-state index contributed by atoms with van der Waals surface area (Å²) in [5.41, 5.74) is 1.53. The topological polar surface area (TPSA) is 47.3 Å². The second-order valence-electron chi connectivity index (χ2n) is 4.16. The lowest BCUT2D eigenvalue weighted by Crippen LogP contribution is -2.08. The highest BCUT2D eigenvalue weighted by atomic mass is 16.5. The number of hydrogen-bond donors (Lipinski definition) is 1. The van der Waals surface area contributed by atoms with Crippen molar-refractivity contribution in [3.05, 3.63) is 47.5 Å². The van der Waals surface area contributed by atoms with Gasteiger partial charge >= 0.3 is 0 Å². The fourth-order valence-corrected chi connectivity index (χ4v) is 2.10. The zero-order valence-electron chi connectivity index (χ0n) is 10.9. The van der Waals surface area contributed by atoms with E-state index in [1.807, 2.05) is 42.8 Å². The maximum atomic E-state index is 10.5. The van der Waals surface area contributed by atoms with E-state index in [0.29, 0.717) is 5.75 Å². The van der Waals surface area contributed by atoms with E-state index >= 15 is 0 Å². The molecule has 2 rings (SSSR count). The highest BCUT2D eigenvalue weighted by Crippen LogP contribution is 2.29. The van der Waals surface area contributed by atoms with Gasteiger partial charge in [-0.1, -0.05) is 25.1 Å². The number of aliphatic hydroxyl groups excluding tert-OH is 1. The number of methoxy groups -OCH3 is 1. The van der Waals surface area contributed by atoms with Gasteiger partial charge in [-0.15, -0.1) is 0 Å². The zero-order valence-corrected chi connectivity index (χ0v) is 10.9. The SMILES string of the molecule is CCc1ncc(C(O)c2ccccc2OC)n1C. The third kappa shape index (κ3) is 2.11. The van der Waals surface area contributed by atoms with Crippen molar-refractivity contribution in [3.8, 4) is 5.75 Å². The second-order valence-corrected chi connectivity index (χ2v) is 4.16. The molecule has 96 valence electrons. The number of aromatic nitrogens is 2. The number of rotatable bonds is 4. The Morgan fingerprint density at radius 2 is 2.11 bits per heavy atom. The Kier molecular flexibility index (Phi) is 3.67. The molecule has 0 saturated heterocycles. The minimum Gasteiger partial charge on any atom is -0.496 e. The van der Waals surface area contributed by atoms with Crippen molar-refractivity contribution in [2.75, 3.05) is 7.11 Å². The van der Waals surface area contributed by atoms with Crippen molar-refractivity contribution < 1.29 is 9.84 Å². The fourth-order valence-electron chi connectivity index (χ4n) is 2.10. The molecule has 0 spiro atoms. The van der Waals surface area contributed by atoms with Crippen LogP contribution in [0.3, 0.4) is 0 Å². The van der Waals surface area contributed by atoms with E-state index in [4.69, 9.17) is 4.74 Å². The summed E-state index contributed by atoms with van der Waals surface area (Å²) in [6, 6.07) is 7.48. The van der Waals surface area contributed by atoms with Crippen molar-refractivity contribution in [3.63, 3.8) is 0 Å². The van der Waals surface area contributed by atoms with E-state index < -0.39 is 6.10 Å². The molecule has 0 saturated carbocycles. The smallest absolute Gasteiger partial charge is 0.125 e. The van der Waals surface area contributed by atoms with Crippen LogP contribution >= 0.6 is 0 Å². The molecule has 0 radical (unpaired) electrons. The maximum absolute atomic E-state index is 10.5. The lowest BCUT2D eigenvalue weighted by Gasteiger charge is -2.15. The van der Waals surface area contributed by atoms with Crippen LogP contribution in [0.25, 0.3) is 0 Å². The Morgan fingerprint density at radius 1 is 1.39 bits per heavy atom. The summed E-state index contributed by atoms with van der Waals surface area (Å²) in [7, 11) is 3.52. The summed E-state index contributed by atoms with van der Waals surface area (Å²) < 4.78 is 7.20. The van der Waals surface area contributed by atoms with Crippen molar-refractivity contribution >= 4 is 0 Å². The first-order valence-corrected chi connectivity index (χ1v) is 6.00. The zero-order chi connectivity index (χ0) is 13.1. The molecule has 0 amide bonds. The molecular formula is C14H18N2O2. The highest BCUT2D eigenvalue weighted by Gasteiger charge is 2.19. The number of aryl methyl sites for hydroxylation is 1. The van der Waals surface area contributed by atoms with Crippen molar-refractivity contribution in [1.29, 1.82) is 0 Å². The summed E-state index contributed by atoms with van der Waals surface area (Å²) in [6.45, 7) is 2.04. The van der Waals surface area contributed by atoms with Crippen molar-refractivity contribution in [1.82, 2.24) is 9.55 Å². The number of imidazole rings is 1.